The van der Waals surface area contributed by atoms with Crippen LogP contribution in [0.3, 0.4) is 0 Å². The maximum Gasteiger partial charge on any atom is 0.234 e. The molecular weight excluding hydrogens is 330 g/mol. The summed E-state index contributed by atoms with van der Waals surface area (Å²) >= 11 is 2.96. The molecule has 0 aliphatic rings. The molecule has 0 radical (unpaired) electrons. The normalized spacial score (nSPS) is 11.3. The predicted molar refractivity (Wildman–Crippen MR) is 92.2 cm³/mol. The van der Waals surface area contributed by atoms with Crippen LogP contribution in [0.1, 0.15) is 20.8 Å². The van der Waals surface area contributed by atoms with Crippen LogP contribution in [-0.4, -0.2) is 43.9 Å². The fourth-order valence-electron chi connectivity index (χ4n) is 1.88. The van der Waals surface area contributed by atoms with Crippen LogP contribution >= 0.6 is 23.1 Å². The molecular formula is C15H19N5OS2. The summed E-state index contributed by atoms with van der Waals surface area (Å²) in [6, 6.07) is 6.11. The Bertz CT molecular complexity index is 715. The van der Waals surface area contributed by atoms with Gasteiger partial charge in [0.15, 0.2) is 11.0 Å². The molecule has 2 aromatic heterocycles. The second-order valence-electron chi connectivity index (χ2n) is 5.44. The Morgan fingerprint density at radius 1 is 1.52 bits per heavy atom. The lowest BCUT2D eigenvalue weighted by molar-refractivity contribution is -0.130. The highest BCUT2D eigenvalue weighted by atomic mass is 32.2. The molecule has 0 aliphatic heterocycles. The summed E-state index contributed by atoms with van der Waals surface area (Å²) in [5.41, 5.74) is -0.821. The van der Waals surface area contributed by atoms with Gasteiger partial charge < -0.3 is 9.47 Å². The van der Waals surface area contributed by atoms with Crippen molar-refractivity contribution in [2.75, 3.05) is 12.8 Å². The highest BCUT2D eigenvalue weighted by Crippen LogP contribution is 2.27. The molecule has 0 spiro atoms. The van der Waals surface area contributed by atoms with Crippen molar-refractivity contribution in [1.29, 1.82) is 5.26 Å². The molecule has 1 amide bonds. The third kappa shape index (κ3) is 3.74. The van der Waals surface area contributed by atoms with Crippen LogP contribution in [0.4, 0.5) is 0 Å². The summed E-state index contributed by atoms with van der Waals surface area (Å²) in [6.45, 7) is 6.20. The first-order chi connectivity index (χ1) is 10.9. The number of hydrogen-bond acceptors (Lipinski definition) is 6. The van der Waals surface area contributed by atoms with E-state index < -0.39 is 5.54 Å². The molecule has 0 unspecified atom stereocenters. The Kier molecular flexibility index (Phi) is 5.44. The van der Waals surface area contributed by atoms with E-state index >= 15 is 0 Å². The van der Waals surface area contributed by atoms with Gasteiger partial charge in [-0.25, -0.2) is 0 Å². The summed E-state index contributed by atoms with van der Waals surface area (Å²) in [5.74, 6) is 0.942. The SMILES string of the molecule is CCn1c(SCC(=O)N(C)C(C)(C)C#N)nnc1-c1cccs1. The second-order valence-corrected chi connectivity index (χ2v) is 7.33. The summed E-state index contributed by atoms with van der Waals surface area (Å²) in [4.78, 5) is 14.8. The van der Waals surface area contributed by atoms with E-state index in [0.717, 1.165) is 17.2 Å². The van der Waals surface area contributed by atoms with Gasteiger partial charge in [0, 0.05) is 13.6 Å². The monoisotopic (exact) mass is 349 g/mol. The molecule has 0 aromatic carbocycles. The van der Waals surface area contributed by atoms with Crippen molar-refractivity contribution >= 4 is 29.0 Å². The van der Waals surface area contributed by atoms with Crippen LogP contribution in [0.5, 0.6) is 0 Å². The van der Waals surface area contributed by atoms with E-state index in [9.17, 15) is 4.79 Å². The van der Waals surface area contributed by atoms with Gasteiger partial charge in [-0.1, -0.05) is 17.8 Å². The van der Waals surface area contributed by atoms with Crippen molar-refractivity contribution in [3.05, 3.63) is 17.5 Å². The van der Waals surface area contributed by atoms with E-state index in [-0.39, 0.29) is 11.7 Å². The number of aromatic nitrogens is 3. The number of thiophene rings is 1. The van der Waals surface area contributed by atoms with Crippen LogP contribution in [0.25, 0.3) is 10.7 Å². The van der Waals surface area contributed by atoms with Gasteiger partial charge in [-0.3, -0.25) is 4.79 Å². The van der Waals surface area contributed by atoms with Gasteiger partial charge >= 0.3 is 0 Å². The highest BCUT2D eigenvalue weighted by Gasteiger charge is 2.27. The smallest absolute Gasteiger partial charge is 0.234 e. The Hall–Kier alpha value is -1.85. The first-order valence-corrected chi connectivity index (χ1v) is 9.05. The van der Waals surface area contributed by atoms with Crippen molar-refractivity contribution in [3.63, 3.8) is 0 Å². The molecule has 6 nitrogen and oxygen atoms in total. The molecule has 0 fully saturated rings. The molecule has 2 aromatic rings. The highest BCUT2D eigenvalue weighted by molar-refractivity contribution is 7.99. The lowest BCUT2D eigenvalue weighted by Gasteiger charge is -2.28. The zero-order valence-electron chi connectivity index (χ0n) is 13.6. The molecule has 0 N–H and O–H groups in total. The molecule has 122 valence electrons. The number of hydrogen-bond donors (Lipinski definition) is 0. The first kappa shape index (κ1) is 17.5. The summed E-state index contributed by atoms with van der Waals surface area (Å²) in [7, 11) is 1.65. The minimum atomic E-state index is -0.821. The van der Waals surface area contributed by atoms with Crippen molar-refractivity contribution in [2.24, 2.45) is 0 Å². The third-order valence-corrected chi connectivity index (χ3v) is 5.40. The molecule has 2 heterocycles. The van der Waals surface area contributed by atoms with Gasteiger partial charge in [0.1, 0.15) is 5.54 Å². The fraction of sp³-hybridized carbons (Fsp3) is 0.467. The zero-order chi connectivity index (χ0) is 17.0. The van der Waals surface area contributed by atoms with Crippen molar-refractivity contribution in [1.82, 2.24) is 19.7 Å². The average molecular weight is 349 g/mol. The third-order valence-electron chi connectivity index (χ3n) is 3.59. The molecule has 8 heteroatoms. The van der Waals surface area contributed by atoms with E-state index in [2.05, 4.69) is 16.3 Å². The number of thioether (sulfide) groups is 1. The Balaban J connectivity index is 2.10. The maximum absolute atomic E-state index is 12.3. The van der Waals surface area contributed by atoms with Gasteiger partial charge in [0.25, 0.3) is 0 Å². The van der Waals surface area contributed by atoms with E-state index in [1.807, 2.05) is 29.0 Å². The van der Waals surface area contributed by atoms with Crippen molar-refractivity contribution < 1.29 is 4.79 Å². The lowest BCUT2D eigenvalue weighted by atomic mass is 10.1. The number of nitriles is 1. The van der Waals surface area contributed by atoms with Crippen LogP contribution < -0.4 is 0 Å². The number of carbonyl (C=O) groups excluding carboxylic acids is 1. The number of carbonyl (C=O) groups is 1. The number of nitrogens with zero attached hydrogens (tertiary/aromatic N) is 5. The van der Waals surface area contributed by atoms with Gasteiger partial charge in [0.05, 0.1) is 16.7 Å². The standard InChI is InChI=1S/C15H19N5OS2/c1-5-20-13(11-7-6-8-22-11)17-18-14(20)23-9-12(21)19(4)15(2,3)10-16/h6-8H,5,9H2,1-4H3. The van der Waals surface area contributed by atoms with E-state index in [0.29, 0.717) is 5.16 Å². The van der Waals surface area contributed by atoms with Gasteiger partial charge in [0.2, 0.25) is 5.91 Å². The number of amides is 1. The summed E-state index contributed by atoms with van der Waals surface area (Å²) in [5, 5.41) is 20.3. The van der Waals surface area contributed by atoms with Crippen LogP contribution in [0, 0.1) is 11.3 Å². The largest absolute Gasteiger partial charge is 0.327 e. The van der Waals surface area contributed by atoms with Crippen LogP contribution in [0.2, 0.25) is 0 Å². The molecule has 0 aliphatic carbocycles. The molecule has 2 rings (SSSR count). The molecule has 0 atom stereocenters. The molecule has 0 saturated heterocycles. The Morgan fingerprint density at radius 3 is 2.83 bits per heavy atom. The van der Waals surface area contributed by atoms with Gasteiger partial charge in [-0.2, -0.15) is 5.26 Å². The predicted octanol–water partition coefficient (Wildman–Crippen LogP) is 2.88. The van der Waals surface area contributed by atoms with Gasteiger partial charge in [-0.15, -0.1) is 21.5 Å². The van der Waals surface area contributed by atoms with E-state index in [1.165, 1.54) is 16.7 Å². The van der Waals surface area contributed by atoms with E-state index in [1.54, 1.807) is 32.2 Å². The minimum Gasteiger partial charge on any atom is -0.327 e. The average Bonchev–Trinajstić information content (AvgIpc) is 3.20. The lowest BCUT2D eigenvalue weighted by Crippen LogP contribution is -2.44. The molecule has 0 bridgehead atoms. The van der Waals surface area contributed by atoms with Crippen molar-refractivity contribution in [3.8, 4) is 16.8 Å². The number of rotatable bonds is 6. The maximum atomic E-state index is 12.3. The zero-order valence-corrected chi connectivity index (χ0v) is 15.2. The van der Waals surface area contributed by atoms with E-state index in [4.69, 9.17) is 5.26 Å². The topological polar surface area (TPSA) is 74.8 Å². The second kappa shape index (κ2) is 7.15. The van der Waals surface area contributed by atoms with Crippen LogP contribution in [0.15, 0.2) is 22.7 Å². The summed E-state index contributed by atoms with van der Waals surface area (Å²) in [6.07, 6.45) is 0. The summed E-state index contributed by atoms with van der Waals surface area (Å²) < 4.78 is 2.00. The quantitative estimate of drug-likeness (QED) is 0.750. The Labute approximate surface area is 144 Å². The fourth-order valence-corrected chi connectivity index (χ4v) is 3.51. The molecule has 23 heavy (non-hydrogen) atoms. The first-order valence-electron chi connectivity index (χ1n) is 7.18. The van der Waals surface area contributed by atoms with Crippen LogP contribution in [-0.2, 0) is 11.3 Å². The van der Waals surface area contributed by atoms with Gasteiger partial charge in [-0.05, 0) is 32.2 Å². The Morgan fingerprint density at radius 2 is 2.26 bits per heavy atom. The van der Waals surface area contributed by atoms with Crippen molar-refractivity contribution in [2.45, 2.75) is 38.0 Å². The molecule has 0 saturated carbocycles. The minimum absolute atomic E-state index is 0.107.